The first kappa shape index (κ1) is 30.6. The first-order valence-electron chi connectivity index (χ1n) is 14.7. The summed E-state index contributed by atoms with van der Waals surface area (Å²) in [4.78, 5) is 58.3. The van der Waals surface area contributed by atoms with Crippen molar-refractivity contribution in [1.29, 1.82) is 0 Å². The Morgan fingerprint density at radius 1 is 0.977 bits per heavy atom. The molecule has 0 aliphatic carbocycles. The number of carbonyl (C=O) groups is 4. The zero-order chi connectivity index (χ0) is 30.7. The van der Waals surface area contributed by atoms with Gasteiger partial charge in [-0.25, -0.2) is 5.43 Å². The van der Waals surface area contributed by atoms with Crippen LogP contribution in [0, 0.1) is 11.3 Å². The van der Waals surface area contributed by atoms with Crippen LogP contribution in [-0.2, 0) is 33.4 Å². The second-order valence-electron chi connectivity index (χ2n) is 11.8. The number of benzene rings is 1. The van der Waals surface area contributed by atoms with Gasteiger partial charge in [-0.05, 0) is 50.3 Å². The van der Waals surface area contributed by atoms with Gasteiger partial charge in [-0.1, -0.05) is 44.2 Å². The number of hydrogen-bond donors (Lipinski definition) is 3. The van der Waals surface area contributed by atoms with E-state index in [-0.39, 0.29) is 37.9 Å². The Kier molecular flexibility index (Phi) is 9.09. The Bertz CT molecular complexity index is 1420. The van der Waals surface area contributed by atoms with Gasteiger partial charge in [0.25, 0.3) is 11.8 Å². The van der Waals surface area contributed by atoms with Crippen molar-refractivity contribution in [3.8, 4) is 0 Å². The lowest BCUT2D eigenvalue weighted by molar-refractivity contribution is -0.192. The number of ether oxygens (including phenoxy) is 3. The maximum absolute atomic E-state index is 13.7. The number of hydrogen-bond acceptors (Lipinski definition) is 9. The van der Waals surface area contributed by atoms with Crippen molar-refractivity contribution in [2.45, 2.75) is 64.8 Å². The van der Waals surface area contributed by atoms with Gasteiger partial charge in [0, 0.05) is 11.9 Å². The number of amides is 3. The van der Waals surface area contributed by atoms with Crippen molar-refractivity contribution >= 4 is 40.7 Å². The van der Waals surface area contributed by atoms with Gasteiger partial charge in [0.05, 0.1) is 30.5 Å². The van der Waals surface area contributed by atoms with Crippen LogP contribution in [0.3, 0.4) is 0 Å². The second kappa shape index (κ2) is 12.8. The van der Waals surface area contributed by atoms with Crippen molar-refractivity contribution in [1.82, 2.24) is 26.1 Å². The second-order valence-corrected chi connectivity index (χ2v) is 11.8. The SMILES string of the molecule is CC(C)[C@@H]1OC(=O)C2(/C=C/c3ccc4ccc(nc4c3)[C@@H](C)NC(=O)[C@@H]3CCCN(N3)C(=O)[C@H](C)NC1=O)COCOC2. The van der Waals surface area contributed by atoms with Gasteiger partial charge in [-0.15, -0.1) is 0 Å². The fraction of sp³-hybridized carbons (Fsp3) is 0.516. The topological polar surface area (TPSA) is 148 Å². The largest absolute Gasteiger partial charge is 0.451 e. The van der Waals surface area contributed by atoms with E-state index in [2.05, 4.69) is 16.1 Å². The summed E-state index contributed by atoms with van der Waals surface area (Å²) in [5, 5.41) is 7.99. The van der Waals surface area contributed by atoms with E-state index < -0.39 is 41.4 Å². The summed E-state index contributed by atoms with van der Waals surface area (Å²) in [6.45, 7) is 7.38. The number of fused-ring (bicyclic) bond motifs is 4. The molecule has 12 heteroatoms. The minimum atomic E-state index is -1.29. The number of esters is 1. The Balaban J connectivity index is 1.53. The predicted octanol–water partition coefficient (Wildman–Crippen LogP) is 2.00. The zero-order valence-electron chi connectivity index (χ0n) is 24.9. The fourth-order valence-electron chi connectivity index (χ4n) is 5.42. The third-order valence-corrected chi connectivity index (χ3v) is 8.02. The van der Waals surface area contributed by atoms with Crippen LogP contribution in [0.15, 0.2) is 36.4 Å². The van der Waals surface area contributed by atoms with Crippen molar-refractivity contribution < 1.29 is 33.4 Å². The van der Waals surface area contributed by atoms with Crippen LogP contribution in [-0.4, -0.2) is 78.4 Å². The van der Waals surface area contributed by atoms with Crippen LogP contribution in [0.4, 0.5) is 0 Å². The molecule has 2 aromatic rings. The van der Waals surface area contributed by atoms with Gasteiger partial charge in [0.15, 0.2) is 6.10 Å². The molecule has 1 spiro atoms. The minimum Gasteiger partial charge on any atom is -0.451 e. The number of nitrogens with zero attached hydrogens (tertiary/aromatic N) is 2. The Morgan fingerprint density at radius 2 is 1.70 bits per heavy atom. The number of pyridine rings is 1. The predicted molar refractivity (Wildman–Crippen MR) is 157 cm³/mol. The standard InChI is InChI=1S/C31H39N5O7/c1-18(2)26-28(38)33-20(4)29(39)36-13-5-6-24(35-36)27(37)32-19(3)23-10-9-22-8-7-21(14-25(22)34-23)11-12-31(30(40)43-26)15-41-17-42-16-31/h7-12,14,18-20,24,26,35H,5-6,13,15-17H2,1-4H3,(H,32,37)(H,33,38)/b12-11+/t19-,20+,24+,26+/m1/s1. The van der Waals surface area contributed by atoms with Gasteiger partial charge in [0.2, 0.25) is 5.91 Å². The molecule has 4 atom stereocenters. The van der Waals surface area contributed by atoms with Crippen molar-refractivity contribution in [3.63, 3.8) is 0 Å². The van der Waals surface area contributed by atoms with Crippen LogP contribution in [0.5, 0.6) is 0 Å². The highest BCUT2D eigenvalue weighted by atomic mass is 16.7. The molecule has 43 heavy (non-hydrogen) atoms. The highest BCUT2D eigenvalue weighted by Gasteiger charge is 2.44. The van der Waals surface area contributed by atoms with Crippen molar-refractivity contribution in [2.24, 2.45) is 11.3 Å². The number of carbonyl (C=O) groups excluding carboxylic acids is 4. The maximum atomic E-state index is 13.7. The molecule has 4 heterocycles. The molecule has 2 saturated heterocycles. The van der Waals surface area contributed by atoms with Crippen LogP contribution >= 0.6 is 0 Å². The van der Waals surface area contributed by atoms with E-state index in [4.69, 9.17) is 19.2 Å². The van der Waals surface area contributed by atoms with Crippen LogP contribution in [0.2, 0.25) is 0 Å². The van der Waals surface area contributed by atoms with E-state index in [0.29, 0.717) is 25.1 Å². The highest BCUT2D eigenvalue weighted by molar-refractivity contribution is 5.92. The van der Waals surface area contributed by atoms with E-state index >= 15 is 0 Å². The molecule has 0 radical (unpaired) electrons. The highest BCUT2D eigenvalue weighted by Crippen LogP contribution is 2.29. The molecule has 0 saturated carbocycles. The maximum Gasteiger partial charge on any atom is 0.321 e. The molecule has 2 fully saturated rings. The summed E-state index contributed by atoms with van der Waals surface area (Å²) in [6.07, 6.45) is 3.46. The molecule has 1 aromatic carbocycles. The first-order valence-corrected chi connectivity index (χ1v) is 14.7. The quantitative estimate of drug-likeness (QED) is 0.422. The smallest absolute Gasteiger partial charge is 0.321 e. The van der Waals surface area contributed by atoms with Crippen molar-refractivity contribution in [2.75, 3.05) is 26.6 Å². The molecular formula is C31H39N5O7. The summed E-state index contributed by atoms with van der Waals surface area (Å²) < 4.78 is 16.9. The molecule has 3 N–H and O–H groups in total. The van der Waals surface area contributed by atoms with E-state index in [1.807, 2.05) is 37.3 Å². The van der Waals surface area contributed by atoms with Crippen LogP contribution in [0.25, 0.3) is 17.0 Å². The van der Waals surface area contributed by atoms with Gasteiger partial charge < -0.3 is 24.8 Å². The number of rotatable bonds is 1. The van der Waals surface area contributed by atoms with E-state index in [9.17, 15) is 19.2 Å². The lowest BCUT2D eigenvalue weighted by atomic mass is 9.88. The monoisotopic (exact) mass is 593 g/mol. The number of cyclic esters (lactones) is 1. The summed E-state index contributed by atoms with van der Waals surface area (Å²) in [6, 6.07) is 7.60. The van der Waals surface area contributed by atoms with Crippen LogP contribution < -0.4 is 16.1 Å². The van der Waals surface area contributed by atoms with Gasteiger partial charge in [-0.3, -0.25) is 29.2 Å². The Morgan fingerprint density at radius 3 is 2.44 bits per heavy atom. The normalized spacial score (nSPS) is 28.0. The van der Waals surface area contributed by atoms with Gasteiger partial charge in [-0.2, -0.15) is 0 Å². The molecule has 5 bridgehead atoms. The third-order valence-electron chi connectivity index (χ3n) is 8.02. The number of aromatic nitrogens is 1. The Labute approximate surface area is 250 Å². The third kappa shape index (κ3) is 6.71. The first-order chi connectivity index (χ1) is 20.6. The fourth-order valence-corrected chi connectivity index (χ4v) is 5.42. The molecular weight excluding hydrogens is 554 g/mol. The zero-order valence-corrected chi connectivity index (χ0v) is 24.9. The van der Waals surface area contributed by atoms with E-state index in [1.165, 1.54) is 5.01 Å². The lowest BCUT2D eigenvalue weighted by Crippen LogP contribution is -2.61. The molecule has 5 rings (SSSR count). The number of nitrogens with one attached hydrogen (secondary N) is 3. The van der Waals surface area contributed by atoms with E-state index in [1.54, 1.807) is 32.9 Å². The number of hydrazine groups is 1. The summed E-state index contributed by atoms with van der Waals surface area (Å²) in [5.74, 6) is -2.30. The summed E-state index contributed by atoms with van der Waals surface area (Å²) in [5.41, 5.74) is 3.92. The van der Waals surface area contributed by atoms with Crippen LogP contribution in [0.1, 0.15) is 57.8 Å². The molecule has 3 amide bonds. The van der Waals surface area contributed by atoms with Crippen molar-refractivity contribution in [3.05, 3.63) is 47.7 Å². The average Bonchev–Trinajstić information content (AvgIpc) is 3.01. The summed E-state index contributed by atoms with van der Waals surface area (Å²) in [7, 11) is 0. The molecule has 0 unspecified atom stereocenters. The Hall–Kier alpha value is -3.87. The summed E-state index contributed by atoms with van der Waals surface area (Å²) >= 11 is 0. The van der Waals surface area contributed by atoms with Gasteiger partial charge in [0.1, 0.15) is 24.3 Å². The lowest BCUT2D eigenvalue weighted by Gasteiger charge is -2.36. The molecule has 3 aliphatic rings. The molecule has 12 nitrogen and oxygen atoms in total. The molecule has 3 aliphatic heterocycles. The van der Waals surface area contributed by atoms with E-state index in [0.717, 1.165) is 16.5 Å². The molecule has 1 aromatic heterocycles. The molecule has 230 valence electrons. The minimum absolute atomic E-state index is 0.0125. The average molecular weight is 594 g/mol. The van der Waals surface area contributed by atoms with Gasteiger partial charge >= 0.3 is 5.97 Å².